The van der Waals surface area contributed by atoms with Crippen LogP contribution in [0.15, 0.2) is 91.2 Å². The molecule has 0 N–H and O–H groups in total. The van der Waals surface area contributed by atoms with E-state index >= 15 is 0 Å². The molecule has 3 heterocycles. The van der Waals surface area contributed by atoms with Gasteiger partial charge >= 0.3 is 0 Å². The Morgan fingerprint density at radius 2 is 1.70 bits per heavy atom. The normalized spacial score (nSPS) is 13.7. The summed E-state index contributed by atoms with van der Waals surface area (Å²) in [5.74, 6) is -1.09. The van der Waals surface area contributed by atoms with Crippen LogP contribution in [-0.2, 0) is 20.1 Å². The van der Waals surface area contributed by atoms with E-state index in [1.165, 1.54) is 21.2 Å². The Morgan fingerprint density at radius 1 is 0.900 bits per heavy atom. The molecule has 0 aliphatic rings. The Labute approximate surface area is 261 Å². The maximum Gasteiger partial charge on any atom is 0.0833 e. The molecular weight excluding hydrogens is 685 g/mol. The van der Waals surface area contributed by atoms with Crippen LogP contribution in [0.4, 0.5) is 0 Å². The summed E-state index contributed by atoms with van der Waals surface area (Å²) < 4.78 is 36.2. The Bertz CT molecular complexity index is 1840. The van der Waals surface area contributed by atoms with Gasteiger partial charge < -0.3 is 9.97 Å². The second-order valence-corrected chi connectivity index (χ2v) is 10.8. The summed E-state index contributed by atoms with van der Waals surface area (Å²) in [4.78, 5) is 8.70. The van der Waals surface area contributed by atoms with Gasteiger partial charge in [-0.1, -0.05) is 81.4 Å². The summed E-state index contributed by atoms with van der Waals surface area (Å²) in [6.45, 7) is 7.86. The Hall–Kier alpha value is -3.17. The predicted octanol–water partition coefficient (Wildman–Crippen LogP) is 10.4. The molecule has 1 radical (unpaired) electrons. The zero-order valence-corrected chi connectivity index (χ0v) is 26.4. The monoisotopic (exact) mass is 723 g/mol. The molecule has 3 aromatic carbocycles. The first kappa shape index (κ1) is 24.6. The van der Waals surface area contributed by atoms with Crippen molar-refractivity contribution >= 4 is 31.5 Å². The first-order chi connectivity index (χ1) is 20.6. The number of thiophene rings is 1. The van der Waals surface area contributed by atoms with Crippen molar-refractivity contribution in [1.29, 1.82) is 0 Å². The van der Waals surface area contributed by atoms with Crippen LogP contribution in [0.1, 0.15) is 61.2 Å². The fourth-order valence-corrected chi connectivity index (χ4v) is 5.37. The molecule has 0 aliphatic carbocycles. The molecule has 0 amide bonds. The van der Waals surface area contributed by atoms with Crippen LogP contribution in [0.25, 0.3) is 42.7 Å². The second kappa shape index (κ2) is 13.9. The Balaban J connectivity index is 0.000000248. The van der Waals surface area contributed by atoms with Gasteiger partial charge in [-0.05, 0) is 57.9 Å². The number of aryl methyl sites for hydroxylation is 2. The maximum atomic E-state index is 8.62. The molecule has 0 bridgehead atoms. The fraction of sp³-hybridized carbons (Fsp3) is 0.222. The smallest absolute Gasteiger partial charge is 0.0833 e. The summed E-state index contributed by atoms with van der Waals surface area (Å²) in [7, 11) is 0. The third-order valence-electron chi connectivity index (χ3n) is 6.63. The van der Waals surface area contributed by atoms with Crippen LogP contribution in [0, 0.1) is 26.0 Å². The van der Waals surface area contributed by atoms with Crippen LogP contribution in [-0.4, -0.2) is 9.97 Å². The Morgan fingerprint density at radius 3 is 2.45 bits per heavy atom. The number of nitrogens with zero attached hydrogens (tertiary/aromatic N) is 2. The maximum absolute atomic E-state index is 8.62. The number of aromatic nitrogens is 2. The zero-order chi connectivity index (χ0) is 30.7. The van der Waals surface area contributed by atoms with Gasteiger partial charge in [0.2, 0.25) is 0 Å². The first-order valence-corrected chi connectivity index (χ1v) is 14.1. The second-order valence-electron chi connectivity index (χ2n) is 9.79. The fourth-order valence-electron chi connectivity index (χ4n) is 4.27. The molecule has 0 fully saturated rings. The van der Waals surface area contributed by atoms with Crippen LogP contribution < -0.4 is 0 Å². The van der Waals surface area contributed by atoms with Crippen LogP contribution in [0.2, 0.25) is 0 Å². The minimum absolute atomic E-state index is 0. The van der Waals surface area contributed by atoms with Gasteiger partial charge in [0.1, 0.15) is 0 Å². The number of rotatable bonds is 6. The SMILES string of the molecule is Cc1c[c-]c(-c2ccc(C)cn2)cc1.[2H]c1nc(-c2[c-]c3sc4ccccc4c3cc2)c([2H])c([2H])c1C([2H])(C)CCCC.[Ir]. The average Bonchev–Trinajstić information content (AvgIpc) is 3.37. The van der Waals surface area contributed by atoms with Gasteiger partial charge in [-0.25, -0.2) is 0 Å². The first-order valence-electron chi connectivity index (χ1n) is 15.3. The van der Waals surface area contributed by atoms with Gasteiger partial charge in [-0.2, -0.15) is 11.3 Å². The van der Waals surface area contributed by atoms with Crippen molar-refractivity contribution in [1.82, 2.24) is 9.97 Å². The van der Waals surface area contributed by atoms with E-state index in [-0.39, 0.29) is 49.6 Å². The molecule has 3 aromatic heterocycles. The third kappa shape index (κ3) is 7.12. The molecule has 0 saturated carbocycles. The number of benzene rings is 3. The summed E-state index contributed by atoms with van der Waals surface area (Å²) in [5, 5.41) is 2.28. The van der Waals surface area contributed by atoms with Crippen molar-refractivity contribution < 1.29 is 25.6 Å². The Kier molecular flexibility index (Phi) is 8.58. The van der Waals surface area contributed by atoms with Gasteiger partial charge in [-0.3, -0.25) is 0 Å². The van der Waals surface area contributed by atoms with Crippen molar-refractivity contribution in [3.8, 4) is 22.5 Å². The number of hydrogen-bond donors (Lipinski definition) is 0. The molecule has 205 valence electrons. The minimum atomic E-state index is -1.09. The quantitative estimate of drug-likeness (QED) is 0.160. The van der Waals surface area contributed by atoms with Crippen molar-refractivity contribution in [3.05, 3.63) is 120 Å². The van der Waals surface area contributed by atoms with Gasteiger partial charge in [0.25, 0.3) is 0 Å². The standard InChI is InChI=1S/C23H22NS.C13H12N.Ir/c1-3-4-7-16(2)18-11-13-21(24-15-18)17-10-12-20-19-8-5-6-9-22(19)25-23(20)14-17;1-10-3-6-12(7-4-10)13-8-5-11(2)9-14-13;/h5-6,8-13,15-16H,3-4,7H2,1-2H3;3-6,8-9H,1-2H3;/q2*-1;/i11D,13D,15D,16D;;. The van der Waals surface area contributed by atoms with E-state index in [0.29, 0.717) is 12.0 Å². The number of hydrogen-bond acceptors (Lipinski definition) is 3. The van der Waals surface area contributed by atoms with E-state index in [0.717, 1.165) is 34.2 Å². The van der Waals surface area contributed by atoms with Gasteiger partial charge in [0, 0.05) is 38.5 Å². The summed E-state index contributed by atoms with van der Waals surface area (Å²) in [6, 6.07) is 28.7. The van der Waals surface area contributed by atoms with Gasteiger partial charge in [0.15, 0.2) is 0 Å². The van der Waals surface area contributed by atoms with Crippen LogP contribution >= 0.6 is 11.3 Å². The van der Waals surface area contributed by atoms with E-state index < -0.39 is 5.89 Å². The van der Waals surface area contributed by atoms with Crippen molar-refractivity contribution in [2.75, 3.05) is 0 Å². The molecule has 4 heteroatoms. The van der Waals surface area contributed by atoms with Gasteiger partial charge in [0.05, 0.1) is 4.11 Å². The van der Waals surface area contributed by atoms with Gasteiger partial charge in [-0.15, -0.1) is 59.2 Å². The minimum Gasteiger partial charge on any atom is -0.304 e. The largest absolute Gasteiger partial charge is 0.304 e. The molecule has 1 unspecified atom stereocenters. The molecule has 0 aliphatic heterocycles. The van der Waals surface area contributed by atoms with E-state index in [1.54, 1.807) is 18.3 Å². The number of pyridine rings is 2. The molecular formula is C36H34IrN2S-2. The molecule has 0 saturated heterocycles. The molecule has 6 aromatic rings. The number of unbranched alkanes of at least 4 members (excludes halogenated alkanes) is 1. The van der Waals surface area contributed by atoms with E-state index in [2.05, 4.69) is 60.2 Å². The van der Waals surface area contributed by atoms with E-state index in [4.69, 9.17) is 5.48 Å². The van der Waals surface area contributed by atoms with E-state index in [9.17, 15) is 0 Å². The van der Waals surface area contributed by atoms with E-state index in [1.807, 2.05) is 55.6 Å². The topological polar surface area (TPSA) is 25.8 Å². The van der Waals surface area contributed by atoms with Crippen molar-refractivity contribution in [2.45, 2.75) is 52.9 Å². The number of fused-ring (bicyclic) bond motifs is 3. The molecule has 2 nitrogen and oxygen atoms in total. The molecule has 6 rings (SSSR count). The molecule has 0 spiro atoms. The summed E-state index contributed by atoms with van der Waals surface area (Å²) in [6.07, 6.45) is 4.12. The summed E-state index contributed by atoms with van der Waals surface area (Å²) in [5.41, 5.74) is 5.58. The average molecular weight is 723 g/mol. The predicted molar refractivity (Wildman–Crippen MR) is 167 cm³/mol. The third-order valence-corrected chi connectivity index (χ3v) is 7.73. The van der Waals surface area contributed by atoms with Crippen molar-refractivity contribution in [2.24, 2.45) is 0 Å². The molecule has 40 heavy (non-hydrogen) atoms. The summed E-state index contributed by atoms with van der Waals surface area (Å²) >= 11 is 1.63. The van der Waals surface area contributed by atoms with Crippen LogP contribution in [0.5, 0.6) is 0 Å². The molecule has 1 atom stereocenters. The zero-order valence-electron chi connectivity index (χ0n) is 27.2. The van der Waals surface area contributed by atoms with Crippen molar-refractivity contribution in [3.63, 3.8) is 0 Å². The van der Waals surface area contributed by atoms with Crippen LogP contribution in [0.3, 0.4) is 0 Å².